The maximum absolute atomic E-state index is 12.9. The van der Waals surface area contributed by atoms with Crippen molar-refractivity contribution in [2.24, 2.45) is 0 Å². The van der Waals surface area contributed by atoms with Gasteiger partial charge in [-0.05, 0) is 49.4 Å². The van der Waals surface area contributed by atoms with Gasteiger partial charge in [-0.25, -0.2) is 0 Å². The topological polar surface area (TPSA) is 68.0 Å². The van der Waals surface area contributed by atoms with E-state index in [9.17, 15) is 31.1 Å². The molecule has 0 saturated carbocycles. The zero-order chi connectivity index (χ0) is 21.4. The first-order valence-electron chi connectivity index (χ1n) is 7.95. The van der Waals surface area contributed by atoms with Gasteiger partial charge in [-0.2, -0.15) is 31.3 Å². The largest absolute Gasteiger partial charge is 0.416 e. The zero-order valence-corrected chi connectivity index (χ0v) is 14.5. The Morgan fingerprint density at radius 3 is 1.93 bits per heavy atom. The first kappa shape index (κ1) is 20.4. The van der Waals surface area contributed by atoms with Gasteiger partial charge in [0.15, 0.2) is 5.82 Å². The summed E-state index contributed by atoms with van der Waals surface area (Å²) in [6.07, 6.45) is -10.0. The van der Waals surface area contributed by atoms with Gasteiger partial charge in [0.2, 0.25) is 0 Å². The van der Waals surface area contributed by atoms with Gasteiger partial charge in [0.25, 0.3) is 11.8 Å². The minimum atomic E-state index is -5.01. The Bertz CT molecular complexity index is 1010. The molecular formula is C18H11F6N3O2. The van der Waals surface area contributed by atoms with E-state index < -0.39 is 35.1 Å². The lowest BCUT2D eigenvalue weighted by molar-refractivity contribution is -0.143. The monoisotopic (exact) mass is 415 g/mol. The fourth-order valence-corrected chi connectivity index (χ4v) is 2.41. The Balaban J connectivity index is 1.86. The molecule has 11 heteroatoms. The summed E-state index contributed by atoms with van der Waals surface area (Å²) >= 11 is 0. The summed E-state index contributed by atoms with van der Waals surface area (Å²) in [4.78, 5) is 16.3. The molecule has 0 aliphatic carbocycles. The molecular weight excluding hydrogens is 404 g/mol. The maximum atomic E-state index is 12.9. The highest BCUT2D eigenvalue weighted by Gasteiger charge is 2.37. The number of amides is 1. The number of anilines is 1. The molecule has 0 spiro atoms. The Hall–Kier alpha value is -3.37. The van der Waals surface area contributed by atoms with Crippen molar-refractivity contribution in [3.63, 3.8) is 0 Å². The summed E-state index contributed by atoms with van der Waals surface area (Å²) < 4.78 is 82.4. The van der Waals surface area contributed by atoms with Crippen LogP contribution in [0.3, 0.4) is 0 Å². The van der Waals surface area contributed by atoms with E-state index in [1.807, 2.05) is 0 Å². The number of aryl methyl sites for hydroxylation is 1. The van der Waals surface area contributed by atoms with Crippen LogP contribution in [0.5, 0.6) is 0 Å². The Labute approximate surface area is 159 Å². The molecule has 1 heterocycles. The number of alkyl halides is 6. The number of nitrogens with zero attached hydrogens (tertiary/aromatic N) is 2. The third-order valence-electron chi connectivity index (χ3n) is 3.77. The van der Waals surface area contributed by atoms with Gasteiger partial charge < -0.3 is 9.84 Å². The van der Waals surface area contributed by atoms with Gasteiger partial charge in [-0.1, -0.05) is 5.16 Å². The van der Waals surface area contributed by atoms with Crippen LogP contribution in [-0.2, 0) is 12.4 Å². The lowest BCUT2D eigenvalue weighted by Gasteiger charge is -2.14. The smallest absolute Gasteiger partial charge is 0.334 e. The van der Waals surface area contributed by atoms with Crippen LogP contribution >= 0.6 is 0 Å². The summed E-state index contributed by atoms with van der Waals surface area (Å²) in [5.41, 5.74) is -3.18. The van der Waals surface area contributed by atoms with Gasteiger partial charge >= 0.3 is 12.4 Å². The van der Waals surface area contributed by atoms with Crippen LogP contribution in [0.2, 0.25) is 0 Å². The van der Waals surface area contributed by atoms with Crippen molar-refractivity contribution >= 4 is 11.6 Å². The second-order valence-electron chi connectivity index (χ2n) is 5.97. The molecule has 0 atom stereocenters. The highest BCUT2D eigenvalue weighted by molar-refractivity contribution is 6.04. The number of hydrogen-bond acceptors (Lipinski definition) is 4. The number of rotatable bonds is 3. The highest BCUT2D eigenvalue weighted by atomic mass is 19.4. The molecule has 0 aliphatic heterocycles. The lowest BCUT2D eigenvalue weighted by Crippen LogP contribution is -2.15. The van der Waals surface area contributed by atoms with E-state index in [0.717, 1.165) is 0 Å². The SMILES string of the molecule is Cc1noc(-c2ccc(C(=O)Nc3cc(C(F)(F)F)cc(C(F)(F)F)c3)cc2)n1. The van der Waals surface area contributed by atoms with Crippen LogP contribution in [0, 0.1) is 6.92 Å². The van der Waals surface area contributed by atoms with E-state index in [0.29, 0.717) is 23.5 Å². The van der Waals surface area contributed by atoms with Gasteiger partial charge in [-0.15, -0.1) is 0 Å². The molecule has 0 saturated heterocycles. The van der Waals surface area contributed by atoms with Crippen LogP contribution in [-0.4, -0.2) is 16.0 Å². The second kappa shape index (κ2) is 7.22. The molecule has 0 fully saturated rings. The summed E-state index contributed by atoms with van der Waals surface area (Å²) in [6, 6.07) is 6.40. The highest BCUT2D eigenvalue weighted by Crippen LogP contribution is 2.37. The predicted molar refractivity (Wildman–Crippen MR) is 88.9 cm³/mol. The Morgan fingerprint density at radius 2 is 1.48 bits per heavy atom. The fraction of sp³-hybridized carbons (Fsp3) is 0.167. The van der Waals surface area contributed by atoms with Crippen LogP contribution in [0.15, 0.2) is 47.0 Å². The third kappa shape index (κ3) is 4.73. The molecule has 3 rings (SSSR count). The first-order valence-corrected chi connectivity index (χ1v) is 7.95. The van der Waals surface area contributed by atoms with E-state index in [1.165, 1.54) is 24.3 Å². The zero-order valence-electron chi connectivity index (χ0n) is 14.5. The second-order valence-corrected chi connectivity index (χ2v) is 5.97. The van der Waals surface area contributed by atoms with Crippen molar-refractivity contribution in [2.45, 2.75) is 19.3 Å². The van der Waals surface area contributed by atoms with Crippen LogP contribution in [0.4, 0.5) is 32.0 Å². The van der Waals surface area contributed by atoms with E-state index in [1.54, 1.807) is 6.92 Å². The number of halogens is 6. The number of carbonyl (C=O) groups is 1. The molecule has 5 nitrogen and oxygen atoms in total. The predicted octanol–water partition coefficient (Wildman–Crippen LogP) is 5.33. The molecule has 3 aromatic rings. The van der Waals surface area contributed by atoms with Crippen molar-refractivity contribution < 1.29 is 35.7 Å². The molecule has 29 heavy (non-hydrogen) atoms. The molecule has 0 bridgehead atoms. The minimum absolute atomic E-state index is 0.0101. The fourth-order valence-electron chi connectivity index (χ4n) is 2.41. The van der Waals surface area contributed by atoms with Crippen LogP contribution in [0.25, 0.3) is 11.5 Å². The van der Waals surface area contributed by atoms with Gasteiger partial charge in [0.05, 0.1) is 11.1 Å². The summed E-state index contributed by atoms with van der Waals surface area (Å²) in [6.45, 7) is 1.61. The molecule has 1 amide bonds. The van der Waals surface area contributed by atoms with E-state index in [-0.39, 0.29) is 17.5 Å². The number of aromatic nitrogens is 2. The van der Waals surface area contributed by atoms with Gasteiger partial charge in [0, 0.05) is 16.8 Å². The molecule has 2 aromatic carbocycles. The normalized spacial score (nSPS) is 12.1. The van der Waals surface area contributed by atoms with E-state index >= 15 is 0 Å². The number of hydrogen-bond donors (Lipinski definition) is 1. The summed E-state index contributed by atoms with van der Waals surface area (Å²) in [5.74, 6) is -0.292. The Kier molecular flexibility index (Phi) is 5.07. The molecule has 0 radical (unpaired) electrons. The standard InChI is InChI=1S/C18H11F6N3O2/c1-9-25-16(29-27-9)11-4-2-10(3-5-11)15(28)26-14-7-12(17(19,20)21)6-13(8-14)18(22,23)24/h2-8H,1H3,(H,26,28). The number of nitrogens with one attached hydrogen (secondary N) is 1. The van der Waals surface area contributed by atoms with Crippen LogP contribution in [0.1, 0.15) is 27.3 Å². The number of benzene rings is 2. The quantitative estimate of drug-likeness (QED) is 0.587. The average molecular weight is 415 g/mol. The number of carbonyl (C=O) groups excluding carboxylic acids is 1. The van der Waals surface area contributed by atoms with Gasteiger partial charge in [0.1, 0.15) is 0 Å². The van der Waals surface area contributed by atoms with Crippen LogP contribution < -0.4 is 5.32 Å². The molecule has 152 valence electrons. The van der Waals surface area contributed by atoms with Crippen molar-refractivity contribution in [1.29, 1.82) is 0 Å². The molecule has 0 aliphatic rings. The van der Waals surface area contributed by atoms with Crippen molar-refractivity contribution in [3.8, 4) is 11.5 Å². The van der Waals surface area contributed by atoms with Crippen molar-refractivity contribution in [1.82, 2.24) is 10.1 Å². The van der Waals surface area contributed by atoms with E-state index in [2.05, 4.69) is 15.5 Å². The molecule has 0 unspecified atom stereocenters. The van der Waals surface area contributed by atoms with E-state index in [4.69, 9.17) is 4.52 Å². The van der Waals surface area contributed by atoms with Crippen molar-refractivity contribution in [3.05, 3.63) is 65.0 Å². The lowest BCUT2D eigenvalue weighted by atomic mass is 10.1. The molecule has 1 aromatic heterocycles. The minimum Gasteiger partial charge on any atom is -0.334 e. The Morgan fingerprint density at radius 1 is 0.931 bits per heavy atom. The van der Waals surface area contributed by atoms with Gasteiger partial charge in [-0.3, -0.25) is 4.79 Å². The third-order valence-corrected chi connectivity index (χ3v) is 3.77. The first-order chi connectivity index (χ1) is 13.4. The average Bonchev–Trinajstić information content (AvgIpc) is 3.06. The van der Waals surface area contributed by atoms with Crippen molar-refractivity contribution in [2.75, 3.05) is 5.32 Å². The maximum Gasteiger partial charge on any atom is 0.416 e. The molecule has 1 N–H and O–H groups in total. The summed E-state index contributed by atoms with van der Waals surface area (Å²) in [7, 11) is 0. The summed E-state index contributed by atoms with van der Waals surface area (Å²) in [5, 5.41) is 5.67.